The van der Waals surface area contributed by atoms with E-state index in [0.29, 0.717) is 43.9 Å². The van der Waals surface area contributed by atoms with Crippen LogP contribution in [0.2, 0.25) is 0 Å². The van der Waals surface area contributed by atoms with Gasteiger partial charge >= 0.3 is 0 Å². The van der Waals surface area contributed by atoms with Crippen LogP contribution >= 0.6 is 11.8 Å². The van der Waals surface area contributed by atoms with Crippen LogP contribution < -0.4 is 5.73 Å². The van der Waals surface area contributed by atoms with Crippen LogP contribution in [0.4, 0.5) is 8.78 Å². The molecule has 0 bridgehead atoms. The number of halogens is 2. The van der Waals surface area contributed by atoms with Crippen LogP contribution in [0.15, 0.2) is 53.6 Å². The van der Waals surface area contributed by atoms with Gasteiger partial charge < -0.3 is 10.5 Å². The Morgan fingerprint density at radius 1 is 1.23 bits per heavy atom. The first-order valence-corrected chi connectivity index (χ1v) is 10.8. The average molecular weight is 432 g/mol. The fourth-order valence-electron chi connectivity index (χ4n) is 4.03. The quantitative estimate of drug-likeness (QED) is 0.672. The second kappa shape index (κ2) is 8.45. The zero-order chi connectivity index (χ0) is 21.2. The van der Waals surface area contributed by atoms with E-state index >= 15 is 0 Å². The van der Waals surface area contributed by atoms with Gasteiger partial charge in [0.05, 0.1) is 6.61 Å². The summed E-state index contributed by atoms with van der Waals surface area (Å²) in [5.41, 5.74) is 5.52. The minimum absolute atomic E-state index is 0.0644. The van der Waals surface area contributed by atoms with Crippen LogP contribution in [0, 0.1) is 11.6 Å². The highest BCUT2D eigenvalue weighted by Gasteiger charge is 2.56. The molecular formula is C22H23F2N3O2S. The molecule has 30 heavy (non-hydrogen) atoms. The SMILES string of the molecule is NCCCC1(c2ccccc2)SC(c2cc(F)ccc2F)=NN1C1(C=O)CCCO1. The maximum Gasteiger partial charge on any atom is 0.214 e. The summed E-state index contributed by atoms with van der Waals surface area (Å²) in [6, 6.07) is 12.9. The highest BCUT2D eigenvalue weighted by atomic mass is 32.2. The molecule has 2 heterocycles. The highest BCUT2D eigenvalue weighted by molar-refractivity contribution is 8.15. The van der Waals surface area contributed by atoms with Crippen molar-refractivity contribution in [1.29, 1.82) is 0 Å². The van der Waals surface area contributed by atoms with Gasteiger partial charge in [0.2, 0.25) is 5.72 Å². The lowest BCUT2D eigenvalue weighted by atomic mass is 9.97. The molecule has 2 N–H and O–H groups in total. The van der Waals surface area contributed by atoms with Gasteiger partial charge in [-0.1, -0.05) is 42.1 Å². The molecule has 0 spiro atoms. The van der Waals surface area contributed by atoms with Gasteiger partial charge in [0, 0.05) is 12.0 Å². The van der Waals surface area contributed by atoms with Crippen molar-refractivity contribution in [3.8, 4) is 0 Å². The molecule has 1 fully saturated rings. The van der Waals surface area contributed by atoms with E-state index in [9.17, 15) is 13.6 Å². The normalized spacial score (nSPS) is 26.1. The van der Waals surface area contributed by atoms with Crippen molar-refractivity contribution in [2.24, 2.45) is 10.8 Å². The Morgan fingerprint density at radius 3 is 2.70 bits per heavy atom. The first-order valence-electron chi connectivity index (χ1n) is 9.94. The number of rotatable bonds is 7. The van der Waals surface area contributed by atoms with Gasteiger partial charge in [0.25, 0.3) is 0 Å². The van der Waals surface area contributed by atoms with Crippen molar-refractivity contribution in [2.75, 3.05) is 13.2 Å². The van der Waals surface area contributed by atoms with Gasteiger partial charge in [-0.05, 0) is 49.6 Å². The fraction of sp³-hybridized carbons (Fsp3) is 0.364. The van der Waals surface area contributed by atoms with Crippen molar-refractivity contribution >= 4 is 23.1 Å². The molecule has 1 saturated heterocycles. The molecule has 0 aliphatic carbocycles. The van der Waals surface area contributed by atoms with E-state index in [4.69, 9.17) is 10.5 Å². The minimum atomic E-state index is -1.26. The third-order valence-corrected chi connectivity index (χ3v) is 6.92. The molecule has 158 valence electrons. The van der Waals surface area contributed by atoms with Gasteiger partial charge in [-0.2, -0.15) is 5.10 Å². The van der Waals surface area contributed by atoms with E-state index < -0.39 is 22.2 Å². The molecule has 4 rings (SSSR count). The lowest BCUT2D eigenvalue weighted by molar-refractivity contribution is -0.162. The number of hydrogen-bond donors (Lipinski definition) is 1. The van der Waals surface area contributed by atoms with Gasteiger partial charge in [-0.25, -0.2) is 13.8 Å². The number of aldehydes is 1. The van der Waals surface area contributed by atoms with Gasteiger partial charge in [0.1, 0.15) is 21.5 Å². The minimum Gasteiger partial charge on any atom is -0.348 e. The van der Waals surface area contributed by atoms with E-state index in [2.05, 4.69) is 5.10 Å². The molecule has 2 aliphatic rings. The highest BCUT2D eigenvalue weighted by Crippen LogP contribution is 2.54. The summed E-state index contributed by atoms with van der Waals surface area (Å²) in [6.45, 7) is 0.877. The topological polar surface area (TPSA) is 67.9 Å². The van der Waals surface area contributed by atoms with Crippen LogP contribution in [0.5, 0.6) is 0 Å². The molecule has 0 saturated carbocycles. The Hall–Kier alpha value is -2.29. The zero-order valence-corrected chi connectivity index (χ0v) is 17.2. The van der Waals surface area contributed by atoms with Crippen molar-refractivity contribution in [3.05, 3.63) is 71.3 Å². The number of hydrazone groups is 1. The summed E-state index contributed by atoms with van der Waals surface area (Å²) in [7, 11) is 0. The molecule has 5 nitrogen and oxygen atoms in total. The molecule has 2 aliphatic heterocycles. The summed E-state index contributed by atoms with van der Waals surface area (Å²) >= 11 is 1.31. The van der Waals surface area contributed by atoms with E-state index in [1.807, 2.05) is 30.3 Å². The van der Waals surface area contributed by atoms with Crippen molar-refractivity contribution in [3.63, 3.8) is 0 Å². The van der Waals surface area contributed by atoms with Crippen LogP contribution in [-0.2, 0) is 14.4 Å². The van der Waals surface area contributed by atoms with Crippen LogP contribution in [0.3, 0.4) is 0 Å². The number of ether oxygens (including phenoxy) is 1. The van der Waals surface area contributed by atoms with E-state index in [0.717, 1.165) is 30.0 Å². The molecule has 2 unspecified atom stereocenters. The summed E-state index contributed by atoms with van der Waals surface area (Å²) < 4.78 is 34.4. The number of hydrogen-bond acceptors (Lipinski definition) is 6. The number of thioether (sulfide) groups is 1. The number of carbonyl (C=O) groups is 1. The summed E-state index contributed by atoms with van der Waals surface area (Å²) in [6.07, 6.45) is 3.16. The smallest absolute Gasteiger partial charge is 0.214 e. The van der Waals surface area contributed by atoms with Gasteiger partial charge in [-0.15, -0.1) is 0 Å². The van der Waals surface area contributed by atoms with Crippen molar-refractivity contribution in [1.82, 2.24) is 5.01 Å². The number of benzene rings is 2. The van der Waals surface area contributed by atoms with Crippen molar-refractivity contribution < 1.29 is 18.3 Å². The predicted molar refractivity (Wildman–Crippen MR) is 113 cm³/mol. The van der Waals surface area contributed by atoms with Crippen LogP contribution in [0.1, 0.15) is 36.8 Å². The second-order valence-electron chi connectivity index (χ2n) is 7.40. The molecule has 0 radical (unpaired) electrons. The maximum absolute atomic E-state index is 14.6. The Morgan fingerprint density at radius 2 is 2.03 bits per heavy atom. The molecule has 0 aromatic heterocycles. The zero-order valence-electron chi connectivity index (χ0n) is 16.4. The standard InChI is InChI=1S/C22H23F2N3O2S/c23-17-8-9-19(24)18(14-17)20-26-27(21(15-28)10-5-13-29-21)22(30-20,11-4-12-25)16-6-2-1-3-7-16/h1-3,6-9,14-15H,4-5,10-13,25H2. The first kappa shape index (κ1) is 21.0. The summed E-state index contributed by atoms with van der Waals surface area (Å²) in [4.78, 5) is 11.4. The van der Waals surface area contributed by atoms with E-state index in [1.165, 1.54) is 11.8 Å². The first-order chi connectivity index (χ1) is 14.5. The summed E-state index contributed by atoms with van der Waals surface area (Å²) in [5, 5.41) is 6.65. The third kappa shape index (κ3) is 3.53. The van der Waals surface area contributed by atoms with E-state index in [-0.39, 0.29) is 5.56 Å². The lowest BCUT2D eigenvalue weighted by Crippen LogP contribution is -2.54. The number of nitrogens with zero attached hydrogens (tertiary/aromatic N) is 2. The Labute approximate surface area is 178 Å². The molecule has 2 atom stereocenters. The lowest BCUT2D eigenvalue weighted by Gasteiger charge is -2.44. The monoisotopic (exact) mass is 431 g/mol. The number of nitrogens with two attached hydrogens (primary N) is 1. The Kier molecular flexibility index (Phi) is 5.90. The Bertz CT molecular complexity index is 951. The molecule has 8 heteroatoms. The maximum atomic E-state index is 14.6. The third-order valence-electron chi connectivity index (χ3n) is 5.48. The largest absolute Gasteiger partial charge is 0.348 e. The summed E-state index contributed by atoms with van der Waals surface area (Å²) in [5.74, 6) is -1.12. The molecule has 0 amide bonds. The molecule has 2 aromatic rings. The molecule has 2 aromatic carbocycles. The van der Waals surface area contributed by atoms with E-state index in [1.54, 1.807) is 5.01 Å². The average Bonchev–Trinajstić information content (AvgIpc) is 3.41. The number of carbonyl (C=O) groups excluding carboxylic acids is 1. The predicted octanol–water partition coefficient (Wildman–Crippen LogP) is 3.97. The fourth-order valence-corrected chi connectivity index (χ4v) is 5.53. The van der Waals surface area contributed by atoms with Gasteiger partial charge in [-0.3, -0.25) is 4.79 Å². The van der Waals surface area contributed by atoms with Crippen LogP contribution in [0.25, 0.3) is 0 Å². The van der Waals surface area contributed by atoms with Gasteiger partial charge in [0.15, 0.2) is 6.29 Å². The Balaban J connectivity index is 1.89. The van der Waals surface area contributed by atoms with Crippen LogP contribution in [-0.4, -0.2) is 35.2 Å². The van der Waals surface area contributed by atoms with Crippen molar-refractivity contribution in [2.45, 2.75) is 36.3 Å². The molecular weight excluding hydrogens is 408 g/mol. The second-order valence-corrected chi connectivity index (χ2v) is 8.67.